The standard InChI is InChI=1S/C22H31NO8/c1-12(21(29)23-8-4-3-5-15(23)11-24)9-14-6-7-17(16(26)10-14)30-22-19(28)18(27)20(31-22)13(2)25/h6-7,9-10,13,15,18-20,22,24-28H,3-5,8,11H2,1-2H3/b12-9+/t13-,15?,18-,19-,20+,22+/m0/s1. The van der Waals surface area contributed by atoms with Crippen LogP contribution in [0.2, 0.25) is 0 Å². The van der Waals surface area contributed by atoms with Crippen LogP contribution in [0.3, 0.4) is 0 Å². The van der Waals surface area contributed by atoms with E-state index in [0.29, 0.717) is 17.7 Å². The van der Waals surface area contributed by atoms with Crippen LogP contribution in [0.25, 0.3) is 6.08 Å². The molecule has 0 saturated carbocycles. The van der Waals surface area contributed by atoms with Crippen LogP contribution in [0.15, 0.2) is 23.8 Å². The molecule has 2 aliphatic rings. The van der Waals surface area contributed by atoms with Crippen LogP contribution in [-0.4, -0.2) is 86.2 Å². The number of hydrogen-bond acceptors (Lipinski definition) is 8. The first-order chi connectivity index (χ1) is 14.7. The summed E-state index contributed by atoms with van der Waals surface area (Å²) in [6.07, 6.45) is -1.65. The van der Waals surface area contributed by atoms with Crippen molar-refractivity contribution in [3.05, 3.63) is 29.3 Å². The first-order valence-electron chi connectivity index (χ1n) is 10.5. The largest absolute Gasteiger partial charge is 0.504 e. The third-order valence-electron chi connectivity index (χ3n) is 5.78. The summed E-state index contributed by atoms with van der Waals surface area (Å²) in [5.74, 6) is -0.356. The molecule has 1 amide bonds. The zero-order valence-electron chi connectivity index (χ0n) is 17.7. The van der Waals surface area contributed by atoms with Crippen molar-refractivity contribution in [2.24, 2.45) is 0 Å². The van der Waals surface area contributed by atoms with Gasteiger partial charge in [-0.2, -0.15) is 0 Å². The fourth-order valence-electron chi connectivity index (χ4n) is 4.01. The van der Waals surface area contributed by atoms with Crippen LogP contribution in [0.4, 0.5) is 0 Å². The van der Waals surface area contributed by atoms with Gasteiger partial charge in [-0.1, -0.05) is 6.07 Å². The van der Waals surface area contributed by atoms with Gasteiger partial charge >= 0.3 is 0 Å². The molecule has 0 aromatic heterocycles. The average Bonchev–Trinajstić information content (AvgIpc) is 3.03. The molecule has 5 N–H and O–H groups in total. The highest BCUT2D eigenvalue weighted by Crippen LogP contribution is 2.33. The lowest BCUT2D eigenvalue weighted by molar-refractivity contribution is -0.131. The lowest BCUT2D eigenvalue weighted by Crippen LogP contribution is -2.45. The zero-order valence-corrected chi connectivity index (χ0v) is 17.7. The van der Waals surface area contributed by atoms with E-state index in [-0.39, 0.29) is 30.1 Å². The van der Waals surface area contributed by atoms with E-state index in [1.807, 2.05) is 0 Å². The summed E-state index contributed by atoms with van der Waals surface area (Å²) in [6.45, 7) is 3.66. The van der Waals surface area contributed by atoms with Gasteiger partial charge in [-0.15, -0.1) is 0 Å². The van der Waals surface area contributed by atoms with E-state index in [1.165, 1.54) is 19.1 Å². The summed E-state index contributed by atoms with van der Waals surface area (Å²) in [7, 11) is 0. The number of nitrogens with zero attached hydrogens (tertiary/aromatic N) is 1. The Hall–Kier alpha value is -2.17. The molecule has 2 heterocycles. The van der Waals surface area contributed by atoms with E-state index in [9.17, 15) is 30.3 Å². The maximum absolute atomic E-state index is 12.8. The van der Waals surface area contributed by atoms with Gasteiger partial charge in [0.25, 0.3) is 0 Å². The highest BCUT2D eigenvalue weighted by atomic mass is 16.7. The molecule has 1 aromatic rings. The van der Waals surface area contributed by atoms with Crippen molar-refractivity contribution < 1.29 is 39.8 Å². The first kappa shape index (κ1) is 23.5. The lowest BCUT2D eigenvalue weighted by Gasteiger charge is -2.34. The number of phenols is 1. The molecular weight excluding hydrogens is 406 g/mol. The number of carbonyl (C=O) groups is 1. The smallest absolute Gasteiger partial charge is 0.249 e. The van der Waals surface area contributed by atoms with Gasteiger partial charge in [0.2, 0.25) is 12.2 Å². The summed E-state index contributed by atoms with van der Waals surface area (Å²) in [5.41, 5.74) is 1.05. The van der Waals surface area contributed by atoms with Crippen LogP contribution < -0.4 is 4.74 Å². The molecule has 0 aliphatic carbocycles. The molecule has 6 atom stereocenters. The molecule has 31 heavy (non-hydrogen) atoms. The van der Waals surface area contributed by atoms with Crippen molar-refractivity contribution in [1.82, 2.24) is 4.90 Å². The number of aliphatic hydroxyl groups excluding tert-OH is 4. The maximum Gasteiger partial charge on any atom is 0.249 e. The van der Waals surface area contributed by atoms with Crippen LogP contribution in [0.1, 0.15) is 38.7 Å². The van der Waals surface area contributed by atoms with Crippen molar-refractivity contribution in [1.29, 1.82) is 0 Å². The second kappa shape index (κ2) is 9.97. The number of aromatic hydroxyl groups is 1. The van der Waals surface area contributed by atoms with E-state index in [4.69, 9.17) is 9.47 Å². The number of phenolic OH excluding ortho intramolecular Hbond substituents is 1. The van der Waals surface area contributed by atoms with E-state index in [1.54, 1.807) is 24.0 Å². The minimum Gasteiger partial charge on any atom is -0.504 e. The van der Waals surface area contributed by atoms with Gasteiger partial charge in [0.1, 0.15) is 18.3 Å². The summed E-state index contributed by atoms with van der Waals surface area (Å²) in [6, 6.07) is 4.34. The Kier molecular flexibility index (Phi) is 7.55. The number of ether oxygens (including phenoxy) is 2. The van der Waals surface area contributed by atoms with Crippen LogP contribution >= 0.6 is 0 Å². The molecule has 1 aromatic carbocycles. The van der Waals surface area contributed by atoms with E-state index >= 15 is 0 Å². The third kappa shape index (κ3) is 5.19. The minimum absolute atomic E-state index is 0.0278. The number of hydrogen-bond donors (Lipinski definition) is 5. The van der Waals surface area contributed by atoms with Gasteiger partial charge in [0.05, 0.1) is 18.8 Å². The Morgan fingerprint density at radius 3 is 2.68 bits per heavy atom. The number of carbonyl (C=O) groups excluding carboxylic acids is 1. The molecule has 0 bridgehead atoms. The molecule has 1 unspecified atom stereocenters. The number of piperidine rings is 1. The van der Waals surface area contributed by atoms with Crippen LogP contribution in [0, 0.1) is 0 Å². The van der Waals surface area contributed by atoms with E-state index in [2.05, 4.69) is 0 Å². The van der Waals surface area contributed by atoms with E-state index in [0.717, 1.165) is 19.3 Å². The summed E-state index contributed by atoms with van der Waals surface area (Å²) >= 11 is 0. The molecule has 3 rings (SSSR count). The Bertz CT molecular complexity index is 811. The Morgan fingerprint density at radius 2 is 2.06 bits per heavy atom. The predicted octanol–water partition coefficient (Wildman–Crippen LogP) is 0.375. The topological polar surface area (TPSA) is 140 Å². The normalized spacial score (nSPS) is 30.3. The van der Waals surface area contributed by atoms with Gasteiger partial charge in [-0.25, -0.2) is 0 Å². The Balaban J connectivity index is 1.69. The van der Waals surface area contributed by atoms with Crippen molar-refractivity contribution in [3.8, 4) is 11.5 Å². The number of aliphatic hydroxyl groups is 4. The fraction of sp³-hybridized carbons (Fsp3) is 0.591. The molecule has 2 saturated heterocycles. The van der Waals surface area contributed by atoms with Gasteiger partial charge in [0, 0.05) is 12.1 Å². The predicted molar refractivity (Wildman–Crippen MR) is 111 cm³/mol. The number of likely N-dealkylation sites (tertiary alicyclic amines) is 1. The van der Waals surface area contributed by atoms with Crippen LogP contribution in [-0.2, 0) is 9.53 Å². The summed E-state index contributed by atoms with van der Waals surface area (Å²) in [4.78, 5) is 14.5. The number of rotatable bonds is 6. The van der Waals surface area contributed by atoms with Crippen molar-refractivity contribution >= 4 is 12.0 Å². The third-order valence-corrected chi connectivity index (χ3v) is 5.78. The molecule has 9 nitrogen and oxygen atoms in total. The molecule has 9 heteroatoms. The second-order valence-electron chi connectivity index (χ2n) is 8.19. The van der Waals surface area contributed by atoms with Crippen molar-refractivity contribution in [2.75, 3.05) is 13.2 Å². The minimum atomic E-state index is -1.39. The lowest BCUT2D eigenvalue weighted by atomic mass is 10.0. The average molecular weight is 437 g/mol. The van der Waals surface area contributed by atoms with Gasteiger partial charge in [-0.05, 0) is 56.9 Å². The quantitative estimate of drug-likeness (QED) is 0.402. The fourth-order valence-corrected chi connectivity index (χ4v) is 4.01. The number of amides is 1. The molecular formula is C22H31NO8. The zero-order chi connectivity index (χ0) is 22.7. The summed E-state index contributed by atoms with van der Waals surface area (Å²) < 4.78 is 10.8. The van der Waals surface area contributed by atoms with Crippen LogP contribution in [0.5, 0.6) is 11.5 Å². The molecule has 0 radical (unpaired) electrons. The molecule has 172 valence electrons. The van der Waals surface area contributed by atoms with E-state index < -0.39 is 30.7 Å². The highest BCUT2D eigenvalue weighted by molar-refractivity contribution is 5.97. The SMILES string of the molecule is C/C(=C\c1ccc(O[C@@H]2O[C@H]([C@H](C)O)[C@@H](O)[C@@H]2O)c(O)c1)C(=O)N1CCCCC1CO. The van der Waals surface area contributed by atoms with Crippen molar-refractivity contribution in [2.45, 2.75) is 69.9 Å². The highest BCUT2D eigenvalue weighted by Gasteiger charge is 2.46. The van der Waals surface area contributed by atoms with Gasteiger partial charge in [-0.3, -0.25) is 4.79 Å². The maximum atomic E-state index is 12.8. The molecule has 0 spiro atoms. The van der Waals surface area contributed by atoms with Crippen molar-refractivity contribution in [3.63, 3.8) is 0 Å². The summed E-state index contributed by atoms with van der Waals surface area (Å²) in [5, 5.41) is 49.5. The second-order valence-corrected chi connectivity index (χ2v) is 8.19. The van der Waals surface area contributed by atoms with Gasteiger partial charge in [0.15, 0.2) is 11.5 Å². The first-order valence-corrected chi connectivity index (χ1v) is 10.5. The monoisotopic (exact) mass is 437 g/mol. The molecule has 2 fully saturated rings. The Labute approximate surface area is 181 Å². The Morgan fingerprint density at radius 1 is 1.32 bits per heavy atom. The number of benzene rings is 1. The molecule has 2 aliphatic heterocycles. The van der Waals surface area contributed by atoms with Gasteiger partial charge < -0.3 is 39.9 Å².